The van der Waals surface area contributed by atoms with E-state index in [1.54, 1.807) is 0 Å². The zero-order chi connectivity index (χ0) is 15.5. The molecule has 0 bridgehead atoms. The molecule has 1 aromatic rings. The number of carbonyl (C=O) groups excluding carboxylic acids is 1. The molecule has 1 N–H and O–H groups in total. The van der Waals surface area contributed by atoms with Crippen molar-refractivity contribution in [1.29, 1.82) is 0 Å². The van der Waals surface area contributed by atoms with Crippen molar-refractivity contribution < 1.29 is 18.0 Å². The van der Waals surface area contributed by atoms with Crippen LogP contribution in [0.4, 0.5) is 18.9 Å². The topological polar surface area (TPSA) is 29.1 Å². The Morgan fingerprint density at radius 1 is 1.29 bits per heavy atom. The highest BCUT2D eigenvalue weighted by molar-refractivity contribution is 9.10. The predicted octanol–water partition coefficient (Wildman–Crippen LogP) is 5.38. The largest absolute Gasteiger partial charge is 0.416 e. The van der Waals surface area contributed by atoms with Crippen molar-refractivity contribution in [1.82, 2.24) is 0 Å². The van der Waals surface area contributed by atoms with Gasteiger partial charge in [0.25, 0.3) is 0 Å². The third kappa shape index (κ3) is 4.73. The molecule has 0 spiro atoms. The number of anilines is 1. The molecule has 0 aliphatic heterocycles. The lowest BCUT2D eigenvalue weighted by Gasteiger charge is -2.13. The summed E-state index contributed by atoms with van der Waals surface area (Å²) in [7, 11) is 0. The molecule has 0 radical (unpaired) electrons. The van der Waals surface area contributed by atoms with E-state index in [0.717, 1.165) is 31.4 Å². The average molecular weight is 364 g/mol. The molecular weight excluding hydrogens is 347 g/mol. The van der Waals surface area contributed by atoms with Crippen LogP contribution in [-0.4, -0.2) is 5.91 Å². The summed E-state index contributed by atoms with van der Waals surface area (Å²) in [5, 5.41) is 2.56. The van der Waals surface area contributed by atoms with Crippen molar-refractivity contribution in [2.45, 2.75) is 44.7 Å². The number of carbonyl (C=O) groups is 1. The second-order valence-corrected chi connectivity index (χ2v) is 6.28. The number of halogens is 4. The Kier molecular flexibility index (Phi) is 5.30. The van der Waals surface area contributed by atoms with Crippen LogP contribution in [0.1, 0.15) is 44.1 Å². The van der Waals surface area contributed by atoms with Gasteiger partial charge in [-0.1, -0.05) is 25.7 Å². The van der Waals surface area contributed by atoms with Gasteiger partial charge in [-0.05, 0) is 46.5 Å². The minimum atomic E-state index is -4.41. The lowest BCUT2D eigenvalue weighted by Crippen LogP contribution is -2.14. The highest BCUT2D eigenvalue weighted by Crippen LogP contribution is 2.34. The summed E-state index contributed by atoms with van der Waals surface area (Å²) in [6, 6.07) is 3.24. The summed E-state index contributed by atoms with van der Waals surface area (Å²) in [5.74, 6) is 0.350. The van der Waals surface area contributed by atoms with E-state index < -0.39 is 11.7 Å². The average Bonchev–Trinajstić information content (AvgIpc) is 2.91. The minimum absolute atomic E-state index is 0.168. The molecule has 0 aromatic heterocycles. The van der Waals surface area contributed by atoms with Crippen LogP contribution in [0.2, 0.25) is 0 Å². The fourth-order valence-corrected chi connectivity index (χ4v) is 2.99. The van der Waals surface area contributed by atoms with Crippen molar-refractivity contribution in [2.75, 3.05) is 5.32 Å². The first-order valence-corrected chi connectivity index (χ1v) is 7.82. The monoisotopic (exact) mass is 363 g/mol. The summed E-state index contributed by atoms with van der Waals surface area (Å²) in [4.78, 5) is 11.9. The number of hydrogen-bond acceptors (Lipinski definition) is 1. The smallest absolute Gasteiger partial charge is 0.325 e. The predicted molar refractivity (Wildman–Crippen MR) is 79.0 cm³/mol. The van der Waals surface area contributed by atoms with Crippen LogP contribution >= 0.6 is 15.9 Å². The maximum atomic E-state index is 12.7. The van der Waals surface area contributed by atoms with E-state index in [4.69, 9.17) is 0 Å². The standard InChI is InChI=1S/C15H17BrF3NO/c16-12-7-6-11(15(17,18)19)9-13(12)20-14(21)8-5-10-3-1-2-4-10/h6-7,9-10H,1-5,8H2,(H,20,21). The van der Waals surface area contributed by atoms with Crippen LogP contribution in [-0.2, 0) is 11.0 Å². The van der Waals surface area contributed by atoms with Crippen molar-refractivity contribution >= 4 is 27.5 Å². The molecule has 116 valence electrons. The lowest BCUT2D eigenvalue weighted by molar-refractivity contribution is -0.137. The van der Waals surface area contributed by atoms with E-state index in [1.807, 2.05) is 0 Å². The molecule has 0 saturated heterocycles. The third-order valence-electron chi connectivity index (χ3n) is 3.82. The molecule has 0 heterocycles. The maximum absolute atomic E-state index is 12.7. The molecule has 21 heavy (non-hydrogen) atoms. The summed E-state index contributed by atoms with van der Waals surface area (Å²) in [5.41, 5.74) is -0.599. The van der Waals surface area contributed by atoms with E-state index in [1.165, 1.54) is 18.9 Å². The van der Waals surface area contributed by atoms with Gasteiger partial charge in [-0.15, -0.1) is 0 Å². The van der Waals surface area contributed by atoms with Gasteiger partial charge in [-0.2, -0.15) is 13.2 Å². The number of rotatable bonds is 4. The molecule has 0 unspecified atom stereocenters. The van der Waals surface area contributed by atoms with Crippen LogP contribution in [0.5, 0.6) is 0 Å². The van der Waals surface area contributed by atoms with Gasteiger partial charge in [0.15, 0.2) is 0 Å². The first kappa shape index (κ1) is 16.3. The van der Waals surface area contributed by atoms with Gasteiger partial charge in [-0.25, -0.2) is 0 Å². The van der Waals surface area contributed by atoms with Gasteiger partial charge < -0.3 is 5.32 Å². The normalized spacial score (nSPS) is 16.2. The van der Waals surface area contributed by atoms with Crippen molar-refractivity contribution in [2.24, 2.45) is 5.92 Å². The summed E-state index contributed by atoms with van der Waals surface area (Å²) in [6.45, 7) is 0. The maximum Gasteiger partial charge on any atom is 0.416 e. The SMILES string of the molecule is O=C(CCC1CCCC1)Nc1cc(C(F)(F)F)ccc1Br. The zero-order valence-corrected chi connectivity index (χ0v) is 13.1. The Morgan fingerprint density at radius 3 is 2.57 bits per heavy atom. The molecule has 1 aromatic carbocycles. The molecule has 1 saturated carbocycles. The number of amides is 1. The Hall–Kier alpha value is -1.04. The molecule has 6 heteroatoms. The minimum Gasteiger partial charge on any atom is -0.325 e. The second-order valence-electron chi connectivity index (χ2n) is 5.43. The van der Waals surface area contributed by atoms with Gasteiger partial charge in [0.1, 0.15) is 0 Å². The number of benzene rings is 1. The van der Waals surface area contributed by atoms with Gasteiger partial charge in [0.2, 0.25) is 5.91 Å². The van der Waals surface area contributed by atoms with E-state index in [9.17, 15) is 18.0 Å². The summed E-state index contributed by atoms with van der Waals surface area (Å²) in [6.07, 6.45) is 1.48. The van der Waals surface area contributed by atoms with Crippen molar-refractivity contribution in [3.8, 4) is 0 Å². The van der Waals surface area contributed by atoms with Crippen LogP contribution in [0, 0.1) is 5.92 Å². The fraction of sp³-hybridized carbons (Fsp3) is 0.533. The molecule has 1 fully saturated rings. The van der Waals surface area contributed by atoms with E-state index in [2.05, 4.69) is 21.2 Å². The molecule has 1 aliphatic carbocycles. The van der Waals surface area contributed by atoms with Crippen LogP contribution in [0.15, 0.2) is 22.7 Å². The summed E-state index contributed by atoms with van der Waals surface area (Å²) < 4.78 is 38.4. The molecular formula is C15H17BrF3NO. The molecule has 0 atom stereocenters. The Labute approximate surface area is 130 Å². The highest BCUT2D eigenvalue weighted by atomic mass is 79.9. The van der Waals surface area contributed by atoms with E-state index in [0.29, 0.717) is 16.8 Å². The Bertz CT molecular complexity index is 510. The number of nitrogens with one attached hydrogen (secondary N) is 1. The fourth-order valence-electron chi connectivity index (χ4n) is 2.64. The molecule has 2 rings (SSSR count). The Morgan fingerprint density at radius 2 is 1.95 bits per heavy atom. The first-order chi connectivity index (χ1) is 9.86. The van der Waals surface area contributed by atoms with E-state index >= 15 is 0 Å². The third-order valence-corrected chi connectivity index (χ3v) is 4.51. The zero-order valence-electron chi connectivity index (χ0n) is 11.5. The highest BCUT2D eigenvalue weighted by Gasteiger charge is 2.31. The molecule has 1 aliphatic rings. The van der Waals surface area contributed by atoms with Crippen molar-refractivity contribution in [3.05, 3.63) is 28.2 Å². The van der Waals surface area contributed by atoms with Gasteiger partial charge in [0, 0.05) is 10.9 Å². The number of hydrogen-bond donors (Lipinski definition) is 1. The number of alkyl halides is 3. The van der Waals surface area contributed by atoms with Crippen LogP contribution < -0.4 is 5.32 Å². The summed E-state index contributed by atoms with van der Waals surface area (Å²) >= 11 is 3.16. The van der Waals surface area contributed by atoms with Crippen LogP contribution in [0.3, 0.4) is 0 Å². The van der Waals surface area contributed by atoms with E-state index in [-0.39, 0.29) is 11.6 Å². The van der Waals surface area contributed by atoms with Gasteiger partial charge in [-0.3, -0.25) is 4.79 Å². The quantitative estimate of drug-likeness (QED) is 0.764. The molecule has 2 nitrogen and oxygen atoms in total. The molecule has 1 amide bonds. The van der Waals surface area contributed by atoms with Gasteiger partial charge >= 0.3 is 6.18 Å². The van der Waals surface area contributed by atoms with Crippen molar-refractivity contribution in [3.63, 3.8) is 0 Å². The lowest BCUT2D eigenvalue weighted by atomic mass is 10.0. The second kappa shape index (κ2) is 6.81. The van der Waals surface area contributed by atoms with Gasteiger partial charge in [0.05, 0.1) is 11.3 Å². The Balaban J connectivity index is 1.96. The first-order valence-electron chi connectivity index (χ1n) is 7.03. The van der Waals surface area contributed by atoms with Crippen LogP contribution in [0.25, 0.3) is 0 Å².